The molecule has 0 spiro atoms. The summed E-state index contributed by atoms with van der Waals surface area (Å²) in [5.74, 6) is 5.18. The predicted molar refractivity (Wildman–Crippen MR) is 78.5 cm³/mol. The van der Waals surface area contributed by atoms with Gasteiger partial charge in [0.25, 0.3) is 5.69 Å². The van der Waals surface area contributed by atoms with Crippen LogP contribution in [-0.4, -0.2) is 16.8 Å². The third kappa shape index (κ3) is 3.17. The molecule has 0 unspecified atom stereocenters. The number of hydrogen-bond donors (Lipinski definition) is 3. The zero-order chi connectivity index (χ0) is 14.5. The fraction of sp³-hybridized carbons (Fsp3) is 0.462. The van der Waals surface area contributed by atoms with E-state index < -0.39 is 4.92 Å². The van der Waals surface area contributed by atoms with Crippen LogP contribution >= 0.6 is 0 Å². The van der Waals surface area contributed by atoms with Crippen molar-refractivity contribution in [3.05, 3.63) is 33.9 Å². The van der Waals surface area contributed by atoms with E-state index in [2.05, 4.69) is 10.4 Å². The van der Waals surface area contributed by atoms with Gasteiger partial charge in [0.2, 0.25) is 0 Å². The lowest BCUT2D eigenvalue weighted by Gasteiger charge is -2.23. The maximum absolute atomic E-state index is 11.2. The molecule has 0 amide bonds. The van der Waals surface area contributed by atoms with Crippen molar-refractivity contribution in [2.45, 2.75) is 38.1 Å². The topological polar surface area (TPSA) is 120 Å². The number of nitro groups is 1. The standard InChI is InChI=1S/C13H19N5O2/c14-13(17-15)9-6-7-11(12(8-9)18(19)20)16-10-4-2-1-3-5-10/h6-8,10,16H,1-5,15H2,(H2,14,17). The van der Waals surface area contributed by atoms with E-state index in [1.165, 1.54) is 12.5 Å². The molecular weight excluding hydrogens is 258 g/mol. The van der Waals surface area contributed by atoms with E-state index in [0.717, 1.165) is 25.7 Å². The first-order valence-corrected chi connectivity index (χ1v) is 6.70. The van der Waals surface area contributed by atoms with Crippen LogP contribution in [0, 0.1) is 10.1 Å². The molecule has 7 nitrogen and oxygen atoms in total. The molecule has 0 aromatic heterocycles. The monoisotopic (exact) mass is 277 g/mol. The summed E-state index contributed by atoms with van der Waals surface area (Å²) >= 11 is 0. The molecule has 0 bridgehead atoms. The Hall–Kier alpha value is -2.31. The maximum atomic E-state index is 11.2. The van der Waals surface area contributed by atoms with E-state index in [0.29, 0.717) is 17.3 Å². The Kier molecular flexibility index (Phi) is 4.39. The Balaban J connectivity index is 2.25. The number of anilines is 1. The van der Waals surface area contributed by atoms with Crippen molar-refractivity contribution < 1.29 is 4.92 Å². The second-order valence-corrected chi connectivity index (χ2v) is 4.98. The lowest BCUT2D eigenvalue weighted by Crippen LogP contribution is -2.23. The van der Waals surface area contributed by atoms with Gasteiger partial charge in [-0.1, -0.05) is 19.3 Å². The molecule has 5 N–H and O–H groups in total. The van der Waals surface area contributed by atoms with Crippen LogP contribution in [0.5, 0.6) is 0 Å². The highest BCUT2D eigenvalue weighted by molar-refractivity contribution is 5.98. The van der Waals surface area contributed by atoms with E-state index in [9.17, 15) is 10.1 Å². The highest BCUT2D eigenvalue weighted by Gasteiger charge is 2.20. The number of amidine groups is 1. The average Bonchev–Trinajstić information content (AvgIpc) is 2.47. The maximum Gasteiger partial charge on any atom is 0.293 e. The van der Waals surface area contributed by atoms with Gasteiger partial charge >= 0.3 is 0 Å². The molecule has 1 aromatic carbocycles. The number of rotatable bonds is 4. The fourth-order valence-corrected chi connectivity index (χ4v) is 2.51. The van der Waals surface area contributed by atoms with E-state index >= 15 is 0 Å². The molecule has 1 aliphatic carbocycles. The van der Waals surface area contributed by atoms with Crippen LogP contribution in [0.1, 0.15) is 37.7 Å². The molecular formula is C13H19N5O2. The van der Waals surface area contributed by atoms with Gasteiger partial charge in [0.05, 0.1) is 4.92 Å². The number of nitro benzene ring substituents is 1. The lowest BCUT2D eigenvalue weighted by atomic mass is 9.95. The van der Waals surface area contributed by atoms with Gasteiger partial charge < -0.3 is 16.9 Å². The SMILES string of the molecule is N/N=C(\N)c1ccc(NC2CCCCC2)c([N+](=O)[O-])c1. The quantitative estimate of drug-likeness (QED) is 0.255. The number of benzene rings is 1. The van der Waals surface area contributed by atoms with Gasteiger partial charge in [-0.3, -0.25) is 10.1 Å². The molecule has 7 heteroatoms. The molecule has 0 heterocycles. The van der Waals surface area contributed by atoms with Gasteiger partial charge in [-0.05, 0) is 25.0 Å². The molecule has 20 heavy (non-hydrogen) atoms. The summed E-state index contributed by atoms with van der Waals surface area (Å²) in [5.41, 5.74) is 6.56. The summed E-state index contributed by atoms with van der Waals surface area (Å²) in [4.78, 5) is 10.8. The van der Waals surface area contributed by atoms with E-state index in [4.69, 9.17) is 11.6 Å². The van der Waals surface area contributed by atoms with Crippen molar-refractivity contribution in [3.63, 3.8) is 0 Å². The first-order valence-electron chi connectivity index (χ1n) is 6.70. The normalized spacial score (nSPS) is 16.9. The minimum Gasteiger partial charge on any atom is -0.382 e. The van der Waals surface area contributed by atoms with Crippen molar-refractivity contribution in [3.8, 4) is 0 Å². The van der Waals surface area contributed by atoms with Crippen molar-refractivity contribution >= 4 is 17.2 Å². The highest BCUT2D eigenvalue weighted by Crippen LogP contribution is 2.29. The van der Waals surface area contributed by atoms with Crippen LogP contribution < -0.4 is 16.9 Å². The van der Waals surface area contributed by atoms with Gasteiger partial charge in [-0.15, -0.1) is 0 Å². The zero-order valence-electron chi connectivity index (χ0n) is 11.2. The van der Waals surface area contributed by atoms with Crippen molar-refractivity contribution in [2.24, 2.45) is 16.7 Å². The number of hydrazone groups is 1. The van der Waals surface area contributed by atoms with Gasteiger partial charge in [0.1, 0.15) is 5.69 Å². The first-order chi connectivity index (χ1) is 9.61. The molecule has 2 rings (SSSR count). The number of nitrogens with zero attached hydrogens (tertiary/aromatic N) is 2. The van der Waals surface area contributed by atoms with Crippen LogP contribution in [0.15, 0.2) is 23.3 Å². The van der Waals surface area contributed by atoms with Crippen molar-refractivity contribution in [1.29, 1.82) is 0 Å². The third-order valence-corrected chi connectivity index (χ3v) is 3.59. The predicted octanol–water partition coefficient (Wildman–Crippen LogP) is 1.92. The summed E-state index contributed by atoms with van der Waals surface area (Å²) in [5, 5.41) is 17.8. The molecule has 1 aliphatic rings. The number of nitrogens with two attached hydrogens (primary N) is 2. The van der Waals surface area contributed by atoms with Crippen LogP contribution in [0.3, 0.4) is 0 Å². The van der Waals surface area contributed by atoms with Crippen LogP contribution in [0.4, 0.5) is 11.4 Å². The summed E-state index contributed by atoms with van der Waals surface area (Å²) in [6, 6.07) is 5.05. The van der Waals surface area contributed by atoms with Gasteiger partial charge in [0.15, 0.2) is 5.84 Å². The van der Waals surface area contributed by atoms with E-state index in [1.54, 1.807) is 12.1 Å². The minimum atomic E-state index is -0.418. The molecule has 0 atom stereocenters. The fourth-order valence-electron chi connectivity index (χ4n) is 2.51. The third-order valence-electron chi connectivity index (χ3n) is 3.59. The zero-order valence-corrected chi connectivity index (χ0v) is 11.2. The van der Waals surface area contributed by atoms with Crippen LogP contribution in [0.25, 0.3) is 0 Å². The first kappa shape index (κ1) is 14.1. The molecule has 1 aromatic rings. The summed E-state index contributed by atoms with van der Waals surface area (Å²) in [6.45, 7) is 0. The minimum absolute atomic E-state index is 0.000302. The Labute approximate surface area is 117 Å². The Bertz CT molecular complexity index is 523. The van der Waals surface area contributed by atoms with Gasteiger partial charge in [-0.2, -0.15) is 5.10 Å². The van der Waals surface area contributed by atoms with E-state index in [1.807, 2.05) is 0 Å². The van der Waals surface area contributed by atoms with Gasteiger partial charge in [-0.25, -0.2) is 0 Å². The molecule has 0 radical (unpaired) electrons. The van der Waals surface area contributed by atoms with Crippen molar-refractivity contribution in [2.75, 3.05) is 5.32 Å². The van der Waals surface area contributed by atoms with Gasteiger partial charge in [0, 0.05) is 17.7 Å². The molecule has 0 aliphatic heterocycles. The number of hydrogen-bond acceptors (Lipinski definition) is 5. The smallest absolute Gasteiger partial charge is 0.293 e. The lowest BCUT2D eigenvalue weighted by molar-refractivity contribution is -0.384. The summed E-state index contributed by atoms with van der Waals surface area (Å²) in [7, 11) is 0. The summed E-state index contributed by atoms with van der Waals surface area (Å²) < 4.78 is 0. The Morgan fingerprint density at radius 2 is 2.05 bits per heavy atom. The van der Waals surface area contributed by atoms with Crippen molar-refractivity contribution in [1.82, 2.24) is 0 Å². The second kappa shape index (κ2) is 6.23. The molecule has 1 fully saturated rings. The number of nitrogens with one attached hydrogen (secondary N) is 1. The molecule has 1 saturated carbocycles. The van der Waals surface area contributed by atoms with Crippen LogP contribution in [-0.2, 0) is 0 Å². The van der Waals surface area contributed by atoms with E-state index in [-0.39, 0.29) is 11.5 Å². The van der Waals surface area contributed by atoms with Crippen LogP contribution in [0.2, 0.25) is 0 Å². The summed E-state index contributed by atoms with van der Waals surface area (Å²) in [6.07, 6.45) is 5.66. The molecule has 108 valence electrons. The second-order valence-electron chi connectivity index (χ2n) is 4.98. The average molecular weight is 277 g/mol. The Morgan fingerprint density at radius 3 is 2.65 bits per heavy atom. The largest absolute Gasteiger partial charge is 0.382 e. The Morgan fingerprint density at radius 1 is 1.35 bits per heavy atom. The highest BCUT2D eigenvalue weighted by atomic mass is 16.6. The molecule has 0 saturated heterocycles.